The molecular weight excluding hydrogens is 262 g/mol. The first-order valence-electron chi connectivity index (χ1n) is 7.32. The molecule has 0 aromatic heterocycles. The van der Waals surface area contributed by atoms with Crippen LogP contribution in [-0.2, 0) is 14.3 Å². The van der Waals surface area contributed by atoms with E-state index in [-0.39, 0.29) is 6.42 Å². The average Bonchev–Trinajstić information content (AvgIpc) is 2.52. The summed E-state index contributed by atoms with van der Waals surface area (Å²) in [4.78, 5) is 23.2. The van der Waals surface area contributed by atoms with Gasteiger partial charge in [-0.05, 0) is 17.7 Å². The molecule has 0 radical (unpaired) electrons. The maximum absolute atomic E-state index is 11.7. The number of benzene rings is 1. The van der Waals surface area contributed by atoms with Crippen LogP contribution in [0.5, 0.6) is 11.5 Å². The third-order valence-corrected chi connectivity index (χ3v) is 2.71. The fraction of sp³-hybridized carbons (Fsp3) is 0.429. The number of ether oxygens (including phenoxy) is 3. The molecule has 1 amide bonds. The Morgan fingerprint density at radius 3 is 2.50 bits per heavy atom. The quantitative estimate of drug-likeness (QED) is 0.800. The van der Waals surface area contributed by atoms with E-state index in [0.717, 1.165) is 0 Å². The molecule has 0 saturated heterocycles. The first kappa shape index (κ1) is 11.6. The monoisotopic (exact) mass is 284 g/mol. The van der Waals surface area contributed by atoms with E-state index in [0.29, 0.717) is 17.1 Å². The number of amides is 1. The highest BCUT2D eigenvalue weighted by Crippen LogP contribution is 2.31. The molecule has 0 unspecified atom stereocenters. The molecule has 1 aromatic carbocycles. The molecule has 6 heteroatoms. The first-order valence-corrected chi connectivity index (χ1v) is 5.82. The minimum atomic E-state index is -2.81. The van der Waals surface area contributed by atoms with Gasteiger partial charge in [-0.2, -0.15) is 0 Å². The predicted octanol–water partition coefficient (Wildman–Crippen LogP) is 1.44. The number of hydrogen-bond donors (Lipinski definition) is 1. The summed E-state index contributed by atoms with van der Waals surface area (Å²) in [5, 5.41) is 2.33. The maximum atomic E-state index is 11.7. The summed E-state index contributed by atoms with van der Waals surface area (Å²) < 4.78 is 36.2. The van der Waals surface area contributed by atoms with E-state index in [4.69, 9.17) is 13.6 Å². The second-order valence-corrected chi connectivity index (χ2v) is 3.92. The minimum Gasteiger partial charge on any atom is -0.493 e. The maximum Gasteiger partial charge on any atom is 0.307 e. The Balaban J connectivity index is 3.13. The van der Waals surface area contributed by atoms with E-state index in [9.17, 15) is 9.59 Å². The fourth-order valence-electron chi connectivity index (χ4n) is 1.73. The van der Waals surface area contributed by atoms with Crippen LogP contribution in [0.25, 0.3) is 0 Å². The SMILES string of the molecule is [2H]C([2H])([2H])C(=O)N[C@@H](CC(=O)OC)c1ccc(OC)c(OC)c1. The lowest BCUT2D eigenvalue weighted by Crippen LogP contribution is -2.28. The molecule has 0 bridgehead atoms. The Kier molecular flexibility index (Phi) is 4.27. The molecule has 0 spiro atoms. The van der Waals surface area contributed by atoms with E-state index >= 15 is 0 Å². The second-order valence-electron chi connectivity index (χ2n) is 3.92. The third-order valence-electron chi connectivity index (χ3n) is 2.71. The Bertz CT molecular complexity index is 574. The van der Waals surface area contributed by atoms with Crippen molar-refractivity contribution in [3.8, 4) is 11.5 Å². The molecule has 110 valence electrons. The van der Waals surface area contributed by atoms with Gasteiger partial charge >= 0.3 is 5.97 Å². The highest BCUT2D eigenvalue weighted by molar-refractivity contribution is 5.76. The van der Waals surface area contributed by atoms with Crippen molar-refractivity contribution in [2.24, 2.45) is 0 Å². The highest BCUT2D eigenvalue weighted by Gasteiger charge is 2.19. The van der Waals surface area contributed by atoms with Crippen LogP contribution >= 0.6 is 0 Å². The lowest BCUT2D eigenvalue weighted by molar-refractivity contribution is -0.141. The van der Waals surface area contributed by atoms with Crippen LogP contribution in [0.1, 0.15) is 29.0 Å². The Morgan fingerprint density at radius 1 is 1.25 bits per heavy atom. The van der Waals surface area contributed by atoms with Crippen molar-refractivity contribution in [2.45, 2.75) is 19.3 Å². The second kappa shape index (κ2) is 7.37. The average molecular weight is 284 g/mol. The molecule has 20 heavy (non-hydrogen) atoms. The van der Waals surface area contributed by atoms with Crippen LogP contribution in [0.3, 0.4) is 0 Å². The van der Waals surface area contributed by atoms with Crippen LogP contribution in [0.15, 0.2) is 18.2 Å². The van der Waals surface area contributed by atoms with E-state index in [1.54, 1.807) is 18.2 Å². The summed E-state index contributed by atoms with van der Waals surface area (Å²) in [7, 11) is 4.12. The Hall–Kier alpha value is -2.24. The predicted molar refractivity (Wildman–Crippen MR) is 72.7 cm³/mol. The smallest absolute Gasteiger partial charge is 0.307 e. The van der Waals surface area contributed by atoms with Crippen LogP contribution in [0, 0.1) is 0 Å². The molecule has 1 N–H and O–H groups in total. The van der Waals surface area contributed by atoms with Crippen molar-refractivity contribution in [2.75, 3.05) is 21.3 Å². The molecule has 0 saturated carbocycles. The van der Waals surface area contributed by atoms with Gasteiger partial charge in [0.05, 0.1) is 33.8 Å². The Morgan fingerprint density at radius 2 is 1.95 bits per heavy atom. The number of nitrogens with one attached hydrogen (secondary N) is 1. The van der Waals surface area contributed by atoms with E-state index in [2.05, 4.69) is 10.1 Å². The van der Waals surface area contributed by atoms with Crippen LogP contribution < -0.4 is 14.8 Å². The van der Waals surface area contributed by atoms with Gasteiger partial charge in [0.2, 0.25) is 5.91 Å². The Labute approximate surface area is 122 Å². The molecule has 0 aliphatic rings. The van der Waals surface area contributed by atoms with E-state index < -0.39 is 24.8 Å². The van der Waals surface area contributed by atoms with E-state index in [1.807, 2.05) is 0 Å². The normalized spacial score (nSPS) is 14.2. The molecule has 1 rings (SSSR count). The molecule has 0 heterocycles. The zero-order valence-corrected chi connectivity index (χ0v) is 11.6. The molecule has 1 atom stereocenters. The van der Waals surface area contributed by atoms with Gasteiger partial charge in [-0.3, -0.25) is 9.59 Å². The summed E-state index contributed by atoms with van der Waals surface area (Å²) in [6.45, 7) is -2.81. The van der Waals surface area contributed by atoms with Crippen molar-refractivity contribution < 1.29 is 27.9 Å². The lowest BCUT2D eigenvalue weighted by atomic mass is 10.0. The summed E-state index contributed by atoms with van der Waals surface area (Å²) in [6.07, 6.45) is -0.214. The molecule has 6 nitrogen and oxygen atoms in total. The van der Waals surface area contributed by atoms with Gasteiger partial charge in [-0.15, -0.1) is 0 Å². The van der Waals surface area contributed by atoms with Crippen LogP contribution in [0.2, 0.25) is 0 Å². The van der Waals surface area contributed by atoms with Gasteiger partial charge in [-0.25, -0.2) is 0 Å². The summed E-state index contributed by atoms with van der Waals surface area (Å²) in [6, 6.07) is 3.90. The minimum absolute atomic E-state index is 0.214. The first-order chi connectivity index (χ1) is 10.7. The molecular formula is C14H19NO5. The number of rotatable bonds is 6. The highest BCUT2D eigenvalue weighted by atomic mass is 16.5. The molecule has 0 aliphatic heterocycles. The van der Waals surface area contributed by atoms with Crippen molar-refractivity contribution >= 4 is 11.9 Å². The zero-order valence-electron chi connectivity index (χ0n) is 14.6. The van der Waals surface area contributed by atoms with Gasteiger partial charge < -0.3 is 19.5 Å². The number of hydrogen-bond acceptors (Lipinski definition) is 5. The molecule has 1 aromatic rings. The largest absolute Gasteiger partial charge is 0.493 e. The summed E-state index contributed by atoms with van der Waals surface area (Å²) in [5.74, 6) is -0.880. The van der Waals surface area contributed by atoms with Gasteiger partial charge in [0.25, 0.3) is 0 Å². The third kappa shape index (κ3) is 4.15. The van der Waals surface area contributed by atoms with Crippen molar-refractivity contribution in [1.29, 1.82) is 0 Å². The van der Waals surface area contributed by atoms with Crippen molar-refractivity contribution in [3.05, 3.63) is 23.8 Å². The number of carbonyl (C=O) groups excluding carboxylic acids is 2. The fourth-order valence-corrected chi connectivity index (χ4v) is 1.73. The topological polar surface area (TPSA) is 73.9 Å². The summed E-state index contributed by atoms with van der Waals surface area (Å²) in [5.41, 5.74) is 0.491. The van der Waals surface area contributed by atoms with Crippen LogP contribution in [-0.4, -0.2) is 33.2 Å². The number of methoxy groups -OCH3 is 3. The van der Waals surface area contributed by atoms with Gasteiger partial charge in [0.1, 0.15) is 0 Å². The lowest BCUT2D eigenvalue weighted by Gasteiger charge is -2.18. The number of carbonyl (C=O) groups is 2. The number of esters is 1. The standard InChI is InChI=1S/C14H19NO5/c1-9(16)15-11(8-14(17)20-4)10-5-6-12(18-2)13(7-10)19-3/h5-7,11H,8H2,1-4H3,(H,15,16)/t11-/m0/s1/i1D3. The zero-order chi connectivity index (χ0) is 17.6. The molecule has 0 fully saturated rings. The van der Waals surface area contributed by atoms with Gasteiger partial charge in [0, 0.05) is 11.0 Å². The molecule has 0 aliphatic carbocycles. The van der Waals surface area contributed by atoms with Gasteiger partial charge in [0.15, 0.2) is 11.5 Å². The van der Waals surface area contributed by atoms with Gasteiger partial charge in [-0.1, -0.05) is 6.07 Å². The van der Waals surface area contributed by atoms with E-state index in [1.165, 1.54) is 21.3 Å². The van der Waals surface area contributed by atoms with Crippen LogP contribution in [0.4, 0.5) is 0 Å². The summed E-state index contributed by atoms with van der Waals surface area (Å²) >= 11 is 0. The van der Waals surface area contributed by atoms with Crippen molar-refractivity contribution in [3.63, 3.8) is 0 Å². The van der Waals surface area contributed by atoms with Crippen molar-refractivity contribution in [1.82, 2.24) is 5.32 Å².